The van der Waals surface area contributed by atoms with E-state index in [0.717, 1.165) is 4.47 Å². The summed E-state index contributed by atoms with van der Waals surface area (Å²) in [4.78, 5) is 15.8. The number of aliphatic imine (C=N–C) groups is 1. The van der Waals surface area contributed by atoms with Gasteiger partial charge in [-0.25, -0.2) is 23.2 Å². The number of rotatable bonds is 8. The molecule has 1 amide bonds. The van der Waals surface area contributed by atoms with Crippen molar-refractivity contribution in [2.75, 3.05) is 11.5 Å². The highest BCUT2D eigenvalue weighted by Crippen LogP contribution is 2.22. The van der Waals surface area contributed by atoms with Gasteiger partial charge in [0.05, 0.1) is 5.69 Å². The molecule has 2 rings (SSSR count). The van der Waals surface area contributed by atoms with Crippen LogP contribution in [0.2, 0.25) is 0 Å². The maximum Gasteiger partial charge on any atom is 0.236 e. The number of nitrogens with zero attached hydrogens (tertiary/aromatic N) is 3. The Kier molecular flexibility index (Phi) is 7.35. The number of aromatic nitrogens is 2. The maximum absolute atomic E-state index is 11.6. The van der Waals surface area contributed by atoms with E-state index in [4.69, 9.17) is 15.5 Å². The predicted molar refractivity (Wildman–Crippen MR) is 105 cm³/mol. The molecule has 5 N–H and O–H groups in total. The Hall–Kier alpha value is -1.96. The Morgan fingerprint density at radius 2 is 2.19 bits per heavy atom. The lowest BCUT2D eigenvalue weighted by Crippen LogP contribution is -2.39. The first-order valence-corrected chi connectivity index (χ1v) is 11.0. The molecule has 0 aliphatic rings. The lowest BCUT2D eigenvalue weighted by Gasteiger charge is -2.12. The summed E-state index contributed by atoms with van der Waals surface area (Å²) in [6.07, 6.45) is 0. The molecule has 2 aromatic rings. The lowest BCUT2D eigenvalue weighted by molar-refractivity contribution is -0.119. The first-order valence-electron chi connectivity index (χ1n) is 7.49. The summed E-state index contributed by atoms with van der Waals surface area (Å²) < 4.78 is 27.4. The molecule has 0 bridgehead atoms. The Balaban J connectivity index is 1.99. The second-order valence-electron chi connectivity index (χ2n) is 5.48. The molecule has 146 valence electrons. The molecule has 0 unspecified atom stereocenters. The molecular formula is C14H17BrN6O4S2. The van der Waals surface area contributed by atoms with E-state index in [9.17, 15) is 13.2 Å². The topological polar surface area (TPSA) is 167 Å². The van der Waals surface area contributed by atoms with Crippen LogP contribution >= 0.6 is 27.7 Å². The van der Waals surface area contributed by atoms with Gasteiger partial charge in [-0.1, -0.05) is 33.8 Å². The summed E-state index contributed by atoms with van der Waals surface area (Å²) >= 11 is 4.58. The number of halogens is 1. The fourth-order valence-electron chi connectivity index (χ4n) is 1.91. The number of amides is 1. The van der Waals surface area contributed by atoms with E-state index < -0.39 is 21.7 Å². The highest BCUT2D eigenvalue weighted by atomic mass is 79.9. The minimum absolute atomic E-state index is 0.128. The summed E-state index contributed by atoms with van der Waals surface area (Å²) in [5.41, 5.74) is 6.90. The number of primary sulfonamides is 1. The minimum Gasteiger partial charge on any atom is -0.382 e. The summed E-state index contributed by atoms with van der Waals surface area (Å²) in [6, 6.07) is 6.90. The van der Waals surface area contributed by atoms with Crippen molar-refractivity contribution >= 4 is 55.1 Å². The molecule has 0 saturated carbocycles. The van der Waals surface area contributed by atoms with Crippen molar-refractivity contribution in [2.45, 2.75) is 18.0 Å². The van der Waals surface area contributed by atoms with Gasteiger partial charge in [-0.15, -0.1) is 0 Å². The van der Waals surface area contributed by atoms with Crippen molar-refractivity contribution < 1.29 is 17.8 Å². The van der Waals surface area contributed by atoms with E-state index >= 15 is 0 Å². The number of nitrogens with two attached hydrogens (primary N) is 2. The van der Waals surface area contributed by atoms with Gasteiger partial charge in [-0.3, -0.25) is 4.79 Å². The molecule has 1 heterocycles. The van der Waals surface area contributed by atoms with E-state index in [1.54, 1.807) is 19.1 Å². The molecule has 0 aliphatic heterocycles. The lowest BCUT2D eigenvalue weighted by atomic mass is 10.3. The Morgan fingerprint density at radius 3 is 2.85 bits per heavy atom. The molecule has 1 aromatic heterocycles. The number of hydrogen-bond donors (Lipinski definition) is 3. The van der Waals surface area contributed by atoms with Crippen LogP contribution < -0.4 is 16.2 Å². The molecule has 0 fully saturated rings. The van der Waals surface area contributed by atoms with Crippen LogP contribution in [0.25, 0.3) is 0 Å². The summed E-state index contributed by atoms with van der Waals surface area (Å²) in [6.45, 7) is 1.71. The molecule has 13 heteroatoms. The Bertz CT molecular complexity index is 947. The number of amidine groups is 1. The summed E-state index contributed by atoms with van der Waals surface area (Å²) in [7, 11) is -3.87. The van der Waals surface area contributed by atoms with Crippen LogP contribution in [0, 0.1) is 0 Å². The SMILES string of the molecule is C[C@H](CSc1nonc1C(N)=Nc1cccc(Br)c1)NC(=O)CS(N)(=O)=O. The fraction of sp³-hybridized carbons (Fsp3) is 0.286. The molecule has 10 nitrogen and oxygen atoms in total. The monoisotopic (exact) mass is 476 g/mol. The van der Waals surface area contributed by atoms with Gasteiger partial charge < -0.3 is 11.1 Å². The highest BCUT2D eigenvalue weighted by molar-refractivity contribution is 9.10. The van der Waals surface area contributed by atoms with Crippen molar-refractivity contribution in [1.82, 2.24) is 15.6 Å². The van der Waals surface area contributed by atoms with Gasteiger partial charge in [0.25, 0.3) is 0 Å². The predicted octanol–water partition coefficient (Wildman–Crippen LogP) is 0.754. The average molecular weight is 477 g/mol. The Labute approximate surface area is 168 Å². The van der Waals surface area contributed by atoms with Gasteiger partial charge in [0.1, 0.15) is 5.75 Å². The van der Waals surface area contributed by atoms with Gasteiger partial charge in [-0.05, 0) is 35.4 Å². The van der Waals surface area contributed by atoms with Crippen LogP contribution in [-0.2, 0) is 14.8 Å². The van der Waals surface area contributed by atoms with Crippen LogP contribution in [0.1, 0.15) is 12.6 Å². The van der Waals surface area contributed by atoms with Gasteiger partial charge in [0, 0.05) is 16.3 Å². The average Bonchev–Trinajstić information content (AvgIpc) is 2.99. The minimum atomic E-state index is -3.87. The molecule has 0 spiro atoms. The van der Waals surface area contributed by atoms with Crippen LogP contribution in [-0.4, -0.2) is 48.0 Å². The smallest absolute Gasteiger partial charge is 0.236 e. The van der Waals surface area contributed by atoms with E-state index in [-0.39, 0.29) is 17.6 Å². The third kappa shape index (κ3) is 7.28. The molecular weight excluding hydrogens is 460 g/mol. The van der Waals surface area contributed by atoms with Crippen LogP contribution in [0.4, 0.5) is 5.69 Å². The van der Waals surface area contributed by atoms with Gasteiger partial charge in [0.15, 0.2) is 16.6 Å². The molecule has 0 radical (unpaired) electrons. The second-order valence-corrected chi connectivity index (χ2v) is 9.02. The molecule has 1 atom stereocenters. The van der Waals surface area contributed by atoms with E-state index in [2.05, 4.69) is 36.6 Å². The Morgan fingerprint density at radius 1 is 1.44 bits per heavy atom. The molecule has 27 heavy (non-hydrogen) atoms. The van der Waals surface area contributed by atoms with Crippen molar-refractivity contribution in [3.8, 4) is 0 Å². The second kappa shape index (κ2) is 9.30. The maximum atomic E-state index is 11.6. The van der Waals surface area contributed by atoms with Gasteiger partial charge in [-0.2, -0.15) is 0 Å². The number of hydrogen-bond acceptors (Lipinski definition) is 8. The number of carbonyl (C=O) groups excluding carboxylic acids is 1. The van der Waals surface area contributed by atoms with Crippen molar-refractivity contribution in [3.63, 3.8) is 0 Å². The fourth-order valence-corrected chi connectivity index (χ4v) is 3.61. The zero-order chi connectivity index (χ0) is 20.0. The number of thioether (sulfide) groups is 1. The quantitative estimate of drug-likeness (QED) is 0.285. The molecule has 0 aliphatic carbocycles. The highest BCUT2D eigenvalue weighted by Gasteiger charge is 2.18. The van der Waals surface area contributed by atoms with Crippen LogP contribution in [0.3, 0.4) is 0 Å². The van der Waals surface area contributed by atoms with Crippen molar-refractivity contribution in [1.29, 1.82) is 0 Å². The number of nitrogens with one attached hydrogen (secondary N) is 1. The molecule has 1 aromatic carbocycles. The molecule has 0 saturated heterocycles. The zero-order valence-corrected chi connectivity index (χ0v) is 17.3. The number of carbonyl (C=O) groups is 1. The third-order valence-electron chi connectivity index (χ3n) is 2.97. The van der Waals surface area contributed by atoms with Crippen molar-refractivity contribution in [3.05, 3.63) is 34.4 Å². The van der Waals surface area contributed by atoms with Crippen LogP contribution in [0.5, 0.6) is 0 Å². The van der Waals surface area contributed by atoms with E-state index in [0.29, 0.717) is 16.5 Å². The van der Waals surface area contributed by atoms with Crippen molar-refractivity contribution in [2.24, 2.45) is 15.9 Å². The largest absolute Gasteiger partial charge is 0.382 e. The van der Waals surface area contributed by atoms with E-state index in [1.165, 1.54) is 11.8 Å². The first-order chi connectivity index (χ1) is 12.6. The van der Waals surface area contributed by atoms with Crippen LogP contribution in [0.15, 0.2) is 43.4 Å². The van der Waals surface area contributed by atoms with E-state index in [1.807, 2.05) is 12.1 Å². The number of benzene rings is 1. The zero-order valence-electron chi connectivity index (χ0n) is 14.1. The van der Waals surface area contributed by atoms with Gasteiger partial charge in [0.2, 0.25) is 15.9 Å². The first kappa shape index (κ1) is 21.3. The summed E-state index contributed by atoms with van der Waals surface area (Å²) in [5, 5.41) is 15.3. The van der Waals surface area contributed by atoms with Gasteiger partial charge >= 0.3 is 0 Å². The summed E-state index contributed by atoms with van der Waals surface area (Å²) in [5.74, 6) is -0.949. The standard InChI is InChI=1S/C14H17BrN6O4S2/c1-8(18-11(22)7-27(17,23)24)6-26-14-12(20-25-21-14)13(16)19-10-4-2-3-9(15)5-10/h2-5,8H,6-7H2,1H3,(H2,16,19)(H,18,22)(H2,17,23,24)/t8-/m1/s1. The normalized spacial score (nSPS) is 13.4. The number of sulfonamides is 1. The third-order valence-corrected chi connectivity index (χ3v) is 5.33.